The Balaban J connectivity index is 1.84. The first-order valence-electron chi connectivity index (χ1n) is 9.07. The van der Waals surface area contributed by atoms with Crippen molar-refractivity contribution in [3.05, 3.63) is 46.8 Å². The van der Waals surface area contributed by atoms with Gasteiger partial charge in [0.05, 0.1) is 16.9 Å². The predicted octanol–water partition coefficient (Wildman–Crippen LogP) is 2.26. The van der Waals surface area contributed by atoms with Crippen molar-refractivity contribution in [2.45, 2.75) is 45.7 Å². The minimum absolute atomic E-state index is 0.0248. The second kappa shape index (κ2) is 7.21. The fraction of sp³-hybridized carbons (Fsp3) is 0.500. The lowest BCUT2D eigenvalue weighted by molar-refractivity contribution is -0.139. The summed E-state index contributed by atoms with van der Waals surface area (Å²) in [5.74, 6) is -0.0248. The second-order valence-electron chi connectivity index (χ2n) is 7.28. The van der Waals surface area contributed by atoms with E-state index in [2.05, 4.69) is 19.1 Å². The van der Waals surface area contributed by atoms with Crippen molar-refractivity contribution in [2.75, 3.05) is 20.3 Å². The number of hydrogen-bond donors (Lipinski definition) is 1. The Morgan fingerprint density at radius 2 is 1.92 bits per heavy atom. The molecule has 1 amide bonds. The van der Waals surface area contributed by atoms with Crippen molar-refractivity contribution < 1.29 is 9.53 Å². The molecule has 0 saturated carbocycles. The van der Waals surface area contributed by atoms with Gasteiger partial charge in [-0.25, -0.2) is 4.68 Å². The number of benzene rings is 1. The van der Waals surface area contributed by atoms with E-state index in [-0.39, 0.29) is 5.91 Å². The fourth-order valence-electron chi connectivity index (χ4n) is 3.58. The van der Waals surface area contributed by atoms with Crippen molar-refractivity contribution in [3.63, 3.8) is 0 Å². The first-order chi connectivity index (χ1) is 12.3. The summed E-state index contributed by atoms with van der Waals surface area (Å²) in [7, 11) is 1.82. The maximum Gasteiger partial charge on any atom is 0.242 e. The van der Waals surface area contributed by atoms with Crippen molar-refractivity contribution in [2.24, 2.45) is 5.73 Å². The Labute approximate surface area is 154 Å². The number of nitrogens with zero attached hydrogens (tertiary/aromatic N) is 3. The van der Waals surface area contributed by atoms with E-state index in [1.54, 1.807) is 4.90 Å². The summed E-state index contributed by atoms with van der Waals surface area (Å²) in [5, 5.41) is 4.71. The third-order valence-electron chi connectivity index (χ3n) is 5.34. The fourth-order valence-corrected chi connectivity index (χ4v) is 3.58. The first-order valence-corrected chi connectivity index (χ1v) is 9.07. The van der Waals surface area contributed by atoms with Gasteiger partial charge in [0.1, 0.15) is 0 Å². The zero-order chi connectivity index (χ0) is 18.9. The molecule has 2 aromatic rings. The van der Waals surface area contributed by atoms with E-state index >= 15 is 0 Å². The maximum atomic E-state index is 12.9. The lowest BCUT2D eigenvalue weighted by Gasteiger charge is -2.35. The van der Waals surface area contributed by atoms with Gasteiger partial charge in [-0.2, -0.15) is 5.10 Å². The molecule has 0 unspecified atom stereocenters. The van der Waals surface area contributed by atoms with Crippen LogP contribution in [0.5, 0.6) is 0 Å². The number of rotatable bonds is 4. The van der Waals surface area contributed by atoms with E-state index in [4.69, 9.17) is 15.6 Å². The van der Waals surface area contributed by atoms with Crippen LogP contribution < -0.4 is 5.73 Å². The van der Waals surface area contributed by atoms with Crippen molar-refractivity contribution in [1.82, 2.24) is 14.7 Å². The molecule has 1 aliphatic rings. The van der Waals surface area contributed by atoms with E-state index in [1.165, 1.54) is 0 Å². The summed E-state index contributed by atoms with van der Waals surface area (Å²) >= 11 is 0. The van der Waals surface area contributed by atoms with Crippen LogP contribution in [0.15, 0.2) is 24.3 Å². The topological polar surface area (TPSA) is 73.4 Å². The molecule has 0 atom stereocenters. The highest BCUT2D eigenvalue weighted by molar-refractivity contribution is 5.86. The molecule has 1 fully saturated rings. The van der Waals surface area contributed by atoms with Gasteiger partial charge in [0.25, 0.3) is 0 Å². The quantitative estimate of drug-likeness (QED) is 0.912. The van der Waals surface area contributed by atoms with Crippen LogP contribution in [0.1, 0.15) is 35.4 Å². The molecule has 140 valence electrons. The second-order valence-corrected chi connectivity index (χ2v) is 7.28. The number of likely N-dealkylation sites (N-methyl/N-ethyl adjacent to an activating group) is 1. The summed E-state index contributed by atoms with van der Waals surface area (Å²) < 4.78 is 7.31. The molecule has 3 rings (SSSR count). The van der Waals surface area contributed by atoms with Crippen LogP contribution in [-0.4, -0.2) is 46.4 Å². The third-order valence-corrected chi connectivity index (χ3v) is 5.34. The molecule has 26 heavy (non-hydrogen) atoms. The summed E-state index contributed by atoms with van der Waals surface area (Å²) in [6, 6.07) is 8.17. The zero-order valence-electron chi connectivity index (χ0n) is 16.1. The number of ether oxygens (including phenoxy) is 1. The smallest absolute Gasteiger partial charge is 0.242 e. The zero-order valence-corrected chi connectivity index (χ0v) is 16.1. The molecule has 2 heterocycles. The normalized spacial score (nSPS) is 16.5. The molecule has 0 spiro atoms. The predicted molar refractivity (Wildman–Crippen MR) is 101 cm³/mol. The number of para-hydroxylation sites is 1. The largest absolute Gasteiger partial charge is 0.381 e. The number of amides is 1. The number of hydrogen-bond acceptors (Lipinski definition) is 4. The lowest BCUT2D eigenvalue weighted by atomic mass is 9.89. The van der Waals surface area contributed by atoms with E-state index in [0.717, 1.165) is 28.2 Å². The summed E-state index contributed by atoms with van der Waals surface area (Å²) in [4.78, 5) is 14.6. The van der Waals surface area contributed by atoms with E-state index in [9.17, 15) is 4.79 Å². The molecule has 0 bridgehead atoms. The number of aryl methyl sites for hydroxylation is 2. The highest BCUT2D eigenvalue weighted by Crippen LogP contribution is 2.24. The number of aromatic nitrogens is 2. The van der Waals surface area contributed by atoms with E-state index in [1.807, 2.05) is 37.7 Å². The van der Waals surface area contributed by atoms with Crippen LogP contribution in [0, 0.1) is 20.8 Å². The Morgan fingerprint density at radius 3 is 2.58 bits per heavy atom. The molecule has 1 aromatic carbocycles. The van der Waals surface area contributed by atoms with Gasteiger partial charge in [-0.15, -0.1) is 0 Å². The Bertz CT molecular complexity index is 806. The Hall–Kier alpha value is -2.18. The van der Waals surface area contributed by atoms with Crippen LogP contribution in [-0.2, 0) is 16.1 Å². The van der Waals surface area contributed by atoms with Gasteiger partial charge in [-0.05, 0) is 45.2 Å². The van der Waals surface area contributed by atoms with Crippen LogP contribution in [0.25, 0.3) is 5.69 Å². The van der Waals surface area contributed by atoms with Gasteiger partial charge in [0, 0.05) is 38.1 Å². The SMILES string of the molecule is Cc1ccccc1-n1nc(C)c(CN(C)C(=O)C2(N)CCOCC2)c1C. The molecule has 0 radical (unpaired) electrons. The standard InChI is InChI=1S/C20H28N4O2/c1-14-7-5-6-8-18(14)24-16(3)17(15(2)22-24)13-23(4)19(25)20(21)9-11-26-12-10-20/h5-8H,9-13,21H2,1-4H3. The average molecular weight is 356 g/mol. The number of carbonyl (C=O) groups is 1. The van der Waals surface area contributed by atoms with Crippen molar-refractivity contribution >= 4 is 5.91 Å². The monoisotopic (exact) mass is 356 g/mol. The number of carbonyl (C=O) groups excluding carboxylic acids is 1. The molecule has 1 saturated heterocycles. The minimum Gasteiger partial charge on any atom is -0.381 e. The Morgan fingerprint density at radius 1 is 1.27 bits per heavy atom. The van der Waals surface area contributed by atoms with Crippen LogP contribution in [0.2, 0.25) is 0 Å². The molecular weight excluding hydrogens is 328 g/mol. The maximum absolute atomic E-state index is 12.9. The molecule has 1 aliphatic heterocycles. The van der Waals surface area contributed by atoms with Crippen LogP contribution >= 0.6 is 0 Å². The molecule has 0 aliphatic carbocycles. The minimum atomic E-state index is -0.819. The highest BCUT2D eigenvalue weighted by atomic mass is 16.5. The van der Waals surface area contributed by atoms with Gasteiger partial charge >= 0.3 is 0 Å². The summed E-state index contributed by atoms with van der Waals surface area (Å²) in [5.41, 5.74) is 10.8. The van der Waals surface area contributed by atoms with Crippen LogP contribution in [0.4, 0.5) is 0 Å². The average Bonchev–Trinajstić information content (AvgIpc) is 2.90. The van der Waals surface area contributed by atoms with E-state index in [0.29, 0.717) is 32.6 Å². The molecular formula is C20H28N4O2. The molecule has 1 aromatic heterocycles. The third kappa shape index (κ3) is 3.39. The first kappa shape index (κ1) is 18.6. The number of nitrogens with two attached hydrogens (primary N) is 1. The van der Waals surface area contributed by atoms with Gasteiger partial charge in [-0.3, -0.25) is 4.79 Å². The van der Waals surface area contributed by atoms with Crippen LogP contribution in [0.3, 0.4) is 0 Å². The highest BCUT2D eigenvalue weighted by Gasteiger charge is 2.38. The van der Waals surface area contributed by atoms with E-state index < -0.39 is 5.54 Å². The van der Waals surface area contributed by atoms with Gasteiger partial charge in [0.15, 0.2) is 0 Å². The van der Waals surface area contributed by atoms with Gasteiger partial charge < -0.3 is 15.4 Å². The molecule has 2 N–H and O–H groups in total. The molecule has 6 nitrogen and oxygen atoms in total. The van der Waals surface area contributed by atoms with Crippen molar-refractivity contribution in [1.29, 1.82) is 0 Å². The molecule has 6 heteroatoms. The lowest BCUT2D eigenvalue weighted by Crippen LogP contribution is -2.57. The summed E-state index contributed by atoms with van der Waals surface area (Å²) in [6.45, 7) is 7.69. The van der Waals surface area contributed by atoms with Crippen molar-refractivity contribution in [3.8, 4) is 5.69 Å². The van der Waals surface area contributed by atoms with Gasteiger partial charge in [0.2, 0.25) is 5.91 Å². The summed E-state index contributed by atoms with van der Waals surface area (Å²) in [6.07, 6.45) is 1.13. The Kier molecular flexibility index (Phi) is 5.16. The van der Waals surface area contributed by atoms with Gasteiger partial charge in [-0.1, -0.05) is 18.2 Å².